The molecule has 2 aromatic carbocycles. The lowest BCUT2D eigenvalue weighted by atomic mass is 10.1. The van der Waals surface area contributed by atoms with Gasteiger partial charge in [0, 0.05) is 22.2 Å². The monoisotopic (exact) mass is 418 g/mol. The molecule has 0 amide bonds. The average Bonchev–Trinajstić information content (AvgIpc) is 2.90. The first-order valence-electron chi connectivity index (χ1n) is 7.86. The number of nitrogens with zero attached hydrogens (tertiary/aromatic N) is 4. The number of aromatic nitrogens is 4. The van der Waals surface area contributed by atoms with Crippen LogP contribution in [-0.2, 0) is 12.8 Å². The van der Waals surface area contributed by atoms with Crippen LogP contribution >= 0.6 is 27.7 Å². The van der Waals surface area contributed by atoms with Crippen molar-refractivity contribution in [2.45, 2.75) is 31.4 Å². The Balaban J connectivity index is 1.97. The summed E-state index contributed by atoms with van der Waals surface area (Å²) in [6, 6.07) is 10.2. The second-order valence-electron chi connectivity index (χ2n) is 6.03. The molecule has 1 aromatic heterocycles. The first-order valence-corrected chi connectivity index (χ1v) is 9.63. The summed E-state index contributed by atoms with van der Waals surface area (Å²) in [6.45, 7) is 6.25. The van der Waals surface area contributed by atoms with E-state index < -0.39 is 0 Å². The molecule has 0 aliphatic rings. The fourth-order valence-corrected chi connectivity index (χ4v) is 4.28. The molecule has 0 saturated heterocycles. The molecule has 0 atom stereocenters. The van der Waals surface area contributed by atoms with E-state index in [0.29, 0.717) is 0 Å². The fraction of sp³-hybridized carbons (Fsp3) is 0.278. The Morgan fingerprint density at radius 2 is 1.84 bits per heavy atom. The standard InChI is InChI=1S/C18H19BrN4OS/c1-11-6-5-7-16(23-18(24)22(4)20-21-23)14(11)10-25-17-9-12(2)15(19)8-13(17)3/h5-9H,10H2,1-4H3. The lowest BCUT2D eigenvalue weighted by Crippen LogP contribution is -2.23. The van der Waals surface area contributed by atoms with Crippen LogP contribution in [0.15, 0.2) is 44.5 Å². The van der Waals surface area contributed by atoms with Crippen LogP contribution < -0.4 is 5.69 Å². The van der Waals surface area contributed by atoms with E-state index in [9.17, 15) is 4.79 Å². The number of aryl methyl sites for hydroxylation is 4. The Morgan fingerprint density at radius 3 is 2.52 bits per heavy atom. The zero-order valence-corrected chi connectivity index (χ0v) is 17.0. The van der Waals surface area contributed by atoms with Gasteiger partial charge in [0.25, 0.3) is 0 Å². The Labute approximate surface area is 159 Å². The number of tetrazole rings is 1. The number of rotatable bonds is 4. The van der Waals surface area contributed by atoms with Crippen molar-refractivity contribution in [2.24, 2.45) is 7.05 Å². The maximum atomic E-state index is 12.2. The minimum atomic E-state index is -0.243. The molecule has 0 N–H and O–H groups in total. The molecule has 3 rings (SSSR count). The van der Waals surface area contributed by atoms with Gasteiger partial charge in [-0.15, -0.1) is 11.8 Å². The number of hydrogen-bond acceptors (Lipinski definition) is 4. The second-order valence-corrected chi connectivity index (χ2v) is 7.90. The molecule has 0 fully saturated rings. The summed E-state index contributed by atoms with van der Waals surface area (Å²) >= 11 is 5.34. The highest BCUT2D eigenvalue weighted by Gasteiger charge is 2.14. The van der Waals surface area contributed by atoms with Gasteiger partial charge in [0.2, 0.25) is 0 Å². The Kier molecular flexibility index (Phi) is 5.15. The number of halogens is 1. The number of hydrogen-bond donors (Lipinski definition) is 0. The van der Waals surface area contributed by atoms with Crippen molar-refractivity contribution in [3.8, 4) is 5.69 Å². The highest BCUT2D eigenvalue weighted by Crippen LogP contribution is 2.32. The van der Waals surface area contributed by atoms with Gasteiger partial charge in [-0.05, 0) is 71.7 Å². The maximum absolute atomic E-state index is 12.2. The van der Waals surface area contributed by atoms with Crippen molar-refractivity contribution in [2.75, 3.05) is 0 Å². The zero-order chi connectivity index (χ0) is 18.1. The zero-order valence-electron chi connectivity index (χ0n) is 14.6. The molecule has 130 valence electrons. The minimum absolute atomic E-state index is 0.243. The predicted molar refractivity (Wildman–Crippen MR) is 105 cm³/mol. The van der Waals surface area contributed by atoms with Crippen molar-refractivity contribution in [1.29, 1.82) is 0 Å². The first kappa shape index (κ1) is 17.9. The minimum Gasteiger partial charge on any atom is -0.244 e. The van der Waals surface area contributed by atoms with Gasteiger partial charge >= 0.3 is 5.69 Å². The summed E-state index contributed by atoms with van der Waals surface area (Å²) in [5.74, 6) is 0.757. The van der Waals surface area contributed by atoms with Crippen LogP contribution in [0.2, 0.25) is 0 Å². The molecule has 3 aromatic rings. The van der Waals surface area contributed by atoms with Crippen LogP contribution in [0.5, 0.6) is 0 Å². The van der Waals surface area contributed by atoms with Crippen LogP contribution in [-0.4, -0.2) is 19.8 Å². The van der Waals surface area contributed by atoms with Gasteiger partial charge in [0.1, 0.15) is 0 Å². The van der Waals surface area contributed by atoms with E-state index >= 15 is 0 Å². The van der Waals surface area contributed by atoms with Crippen LogP contribution in [0.3, 0.4) is 0 Å². The first-order chi connectivity index (χ1) is 11.9. The highest BCUT2D eigenvalue weighted by atomic mass is 79.9. The third-order valence-corrected chi connectivity index (χ3v) is 6.20. The molecule has 0 aliphatic carbocycles. The van der Waals surface area contributed by atoms with Crippen LogP contribution in [0.4, 0.5) is 0 Å². The quantitative estimate of drug-likeness (QED) is 0.601. The molecular formula is C18H19BrN4OS. The molecular weight excluding hydrogens is 400 g/mol. The smallest absolute Gasteiger partial charge is 0.244 e. The summed E-state index contributed by atoms with van der Waals surface area (Å²) in [5, 5.41) is 7.81. The SMILES string of the molecule is Cc1cc(SCc2c(C)cccc2-n2nnn(C)c2=O)c(C)cc1Br. The van der Waals surface area contributed by atoms with E-state index in [0.717, 1.165) is 27.0 Å². The molecule has 5 nitrogen and oxygen atoms in total. The van der Waals surface area contributed by atoms with Crippen LogP contribution in [0.25, 0.3) is 5.69 Å². The van der Waals surface area contributed by atoms with Crippen molar-refractivity contribution in [3.05, 3.63) is 67.5 Å². The van der Waals surface area contributed by atoms with Gasteiger partial charge in [-0.3, -0.25) is 0 Å². The van der Waals surface area contributed by atoms with Crippen LogP contribution in [0.1, 0.15) is 22.3 Å². The Morgan fingerprint density at radius 1 is 1.08 bits per heavy atom. The van der Waals surface area contributed by atoms with E-state index in [1.165, 1.54) is 25.4 Å². The third-order valence-electron chi connectivity index (χ3n) is 4.16. The largest absolute Gasteiger partial charge is 0.368 e. The topological polar surface area (TPSA) is 52.7 Å². The van der Waals surface area contributed by atoms with Gasteiger partial charge in [-0.1, -0.05) is 28.1 Å². The lowest BCUT2D eigenvalue weighted by molar-refractivity contribution is 0.692. The molecule has 0 spiro atoms. The molecule has 0 unspecified atom stereocenters. The summed E-state index contributed by atoms with van der Waals surface area (Å²) < 4.78 is 3.72. The van der Waals surface area contributed by atoms with Crippen molar-refractivity contribution in [3.63, 3.8) is 0 Å². The summed E-state index contributed by atoms with van der Waals surface area (Å²) in [7, 11) is 1.60. The highest BCUT2D eigenvalue weighted by molar-refractivity contribution is 9.10. The molecule has 0 radical (unpaired) electrons. The van der Waals surface area contributed by atoms with Crippen molar-refractivity contribution < 1.29 is 0 Å². The molecule has 0 bridgehead atoms. The summed E-state index contributed by atoms with van der Waals surface area (Å²) in [5.41, 5.74) is 5.21. The molecule has 0 aliphatic heterocycles. The Bertz CT molecular complexity index is 993. The van der Waals surface area contributed by atoms with E-state index in [4.69, 9.17) is 0 Å². The summed E-state index contributed by atoms with van der Waals surface area (Å²) in [6.07, 6.45) is 0. The second kappa shape index (κ2) is 7.17. The fourth-order valence-electron chi connectivity index (χ4n) is 2.60. The van der Waals surface area contributed by atoms with Gasteiger partial charge in [-0.2, -0.15) is 9.36 Å². The van der Waals surface area contributed by atoms with Crippen molar-refractivity contribution in [1.82, 2.24) is 19.8 Å². The molecule has 7 heteroatoms. The molecule has 0 saturated carbocycles. The van der Waals surface area contributed by atoms with Gasteiger partial charge in [0.15, 0.2) is 0 Å². The van der Waals surface area contributed by atoms with Gasteiger partial charge in [0.05, 0.1) is 5.69 Å². The lowest BCUT2D eigenvalue weighted by Gasteiger charge is -2.13. The molecule has 25 heavy (non-hydrogen) atoms. The summed E-state index contributed by atoms with van der Waals surface area (Å²) in [4.78, 5) is 13.5. The van der Waals surface area contributed by atoms with Crippen LogP contribution in [0, 0.1) is 20.8 Å². The predicted octanol–water partition coefficient (Wildman–Crippen LogP) is 3.95. The van der Waals surface area contributed by atoms with E-state index in [1.54, 1.807) is 18.8 Å². The van der Waals surface area contributed by atoms with Crippen molar-refractivity contribution >= 4 is 27.7 Å². The van der Waals surface area contributed by atoms with Gasteiger partial charge in [-0.25, -0.2) is 4.79 Å². The van der Waals surface area contributed by atoms with E-state index in [-0.39, 0.29) is 5.69 Å². The van der Waals surface area contributed by atoms with E-state index in [2.05, 4.69) is 65.3 Å². The maximum Gasteiger partial charge on any atom is 0.368 e. The van der Waals surface area contributed by atoms with Gasteiger partial charge < -0.3 is 0 Å². The van der Waals surface area contributed by atoms with E-state index in [1.807, 2.05) is 12.1 Å². The third kappa shape index (κ3) is 3.57. The number of benzene rings is 2. The number of thioether (sulfide) groups is 1. The average molecular weight is 419 g/mol. The normalized spacial score (nSPS) is 11.1. The Hall–Kier alpha value is -1.86. The molecule has 1 heterocycles.